The molecule has 21 heavy (non-hydrogen) atoms. The molecule has 2 aromatic rings. The van der Waals surface area contributed by atoms with Gasteiger partial charge in [0.2, 0.25) is 0 Å². The standard InChI is InChI=1S/C12H11F2N5O2/c1-15-11(20)10-8(5-16-19-10)17-12(21)18-9-6(13)3-2-4-7(9)14/h2-5H,1H3,(H,15,20)(H,16,19)(H2,17,18,21). The highest BCUT2D eigenvalue weighted by molar-refractivity contribution is 6.05. The summed E-state index contributed by atoms with van der Waals surface area (Å²) in [4.78, 5) is 23.2. The SMILES string of the molecule is CNC(=O)c1n[nH]cc1NC(=O)Nc1c(F)cccc1F. The summed E-state index contributed by atoms with van der Waals surface area (Å²) in [6, 6.07) is 2.28. The van der Waals surface area contributed by atoms with E-state index in [1.165, 1.54) is 19.3 Å². The van der Waals surface area contributed by atoms with Crippen LogP contribution in [0.1, 0.15) is 10.5 Å². The lowest BCUT2D eigenvalue weighted by molar-refractivity contribution is 0.0959. The molecule has 0 saturated heterocycles. The fraction of sp³-hybridized carbons (Fsp3) is 0.0833. The fourth-order valence-corrected chi connectivity index (χ4v) is 1.56. The number of carbonyl (C=O) groups excluding carboxylic acids is 2. The number of para-hydroxylation sites is 1. The first-order valence-electron chi connectivity index (χ1n) is 5.80. The van der Waals surface area contributed by atoms with Gasteiger partial charge in [-0.3, -0.25) is 9.89 Å². The Labute approximate surface area is 117 Å². The lowest BCUT2D eigenvalue weighted by Gasteiger charge is -2.08. The summed E-state index contributed by atoms with van der Waals surface area (Å²) in [6.45, 7) is 0. The number of hydrogen-bond donors (Lipinski definition) is 4. The number of aromatic amines is 1. The Hall–Kier alpha value is -2.97. The molecule has 3 amide bonds. The van der Waals surface area contributed by atoms with Crippen LogP contribution in [0.5, 0.6) is 0 Å². The van der Waals surface area contributed by atoms with E-state index in [9.17, 15) is 18.4 Å². The Morgan fingerprint density at radius 1 is 1.19 bits per heavy atom. The number of anilines is 2. The summed E-state index contributed by atoms with van der Waals surface area (Å²) >= 11 is 0. The second kappa shape index (κ2) is 5.99. The molecule has 0 aliphatic carbocycles. The van der Waals surface area contributed by atoms with Crippen LogP contribution in [-0.2, 0) is 0 Å². The van der Waals surface area contributed by atoms with Crippen molar-refractivity contribution in [3.05, 3.63) is 41.7 Å². The van der Waals surface area contributed by atoms with Gasteiger partial charge in [0.1, 0.15) is 17.3 Å². The summed E-state index contributed by atoms with van der Waals surface area (Å²) < 4.78 is 26.8. The molecule has 7 nitrogen and oxygen atoms in total. The fourth-order valence-electron chi connectivity index (χ4n) is 1.56. The number of amides is 3. The molecular weight excluding hydrogens is 284 g/mol. The van der Waals surface area contributed by atoms with Crippen LogP contribution in [0.3, 0.4) is 0 Å². The van der Waals surface area contributed by atoms with E-state index in [-0.39, 0.29) is 11.4 Å². The number of H-pyrrole nitrogens is 1. The summed E-state index contributed by atoms with van der Waals surface area (Å²) in [5.41, 5.74) is -0.565. The van der Waals surface area contributed by atoms with Crippen LogP contribution in [0.15, 0.2) is 24.4 Å². The zero-order chi connectivity index (χ0) is 15.4. The van der Waals surface area contributed by atoms with E-state index < -0.39 is 29.3 Å². The van der Waals surface area contributed by atoms with Gasteiger partial charge < -0.3 is 16.0 Å². The van der Waals surface area contributed by atoms with Gasteiger partial charge in [-0.2, -0.15) is 5.10 Å². The van der Waals surface area contributed by atoms with Crippen LogP contribution in [-0.4, -0.2) is 29.2 Å². The van der Waals surface area contributed by atoms with Crippen LogP contribution < -0.4 is 16.0 Å². The van der Waals surface area contributed by atoms with Gasteiger partial charge in [-0.25, -0.2) is 13.6 Å². The number of nitrogens with one attached hydrogen (secondary N) is 4. The highest BCUT2D eigenvalue weighted by Gasteiger charge is 2.17. The Kier molecular flexibility index (Phi) is 4.12. The van der Waals surface area contributed by atoms with E-state index in [2.05, 4.69) is 20.8 Å². The van der Waals surface area contributed by atoms with Crippen molar-refractivity contribution in [3.8, 4) is 0 Å². The van der Waals surface area contributed by atoms with Crippen LogP contribution in [0, 0.1) is 11.6 Å². The number of nitrogens with zero attached hydrogens (tertiary/aromatic N) is 1. The molecule has 1 aromatic heterocycles. The van der Waals surface area contributed by atoms with E-state index >= 15 is 0 Å². The van der Waals surface area contributed by atoms with Gasteiger partial charge in [0, 0.05) is 13.2 Å². The first-order valence-corrected chi connectivity index (χ1v) is 5.80. The molecule has 0 bridgehead atoms. The third kappa shape index (κ3) is 3.14. The van der Waals surface area contributed by atoms with Crippen LogP contribution in [0.25, 0.3) is 0 Å². The average Bonchev–Trinajstić information content (AvgIpc) is 2.90. The van der Waals surface area contributed by atoms with Crippen LogP contribution >= 0.6 is 0 Å². The molecule has 0 radical (unpaired) electrons. The first kappa shape index (κ1) is 14.4. The lowest BCUT2D eigenvalue weighted by Crippen LogP contribution is -2.24. The molecule has 9 heteroatoms. The number of urea groups is 1. The van der Waals surface area contributed by atoms with Gasteiger partial charge in [0.15, 0.2) is 5.69 Å². The minimum absolute atomic E-state index is 0.0540. The first-order chi connectivity index (χ1) is 10.0. The van der Waals surface area contributed by atoms with Gasteiger partial charge >= 0.3 is 6.03 Å². The minimum atomic E-state index is -0.913. The summed E-state index contributed by atoms with van der Waals surface area (Å²) in [6.07, 6.45) is 1.27. The van der Waals surface area contributed by atoms with Crippen molar-refractivity contribution in [1.29, 1.82) is 0 Å². The van der Waals surface area contributed by atoms with E-state index in [4.69, 9.17) is 0 Å². The summed E-state index contributed by atoms with van der Waals surface area (Å²) in [5, 5.41) is 12.7. The number of aromatic nitrogens is 2. The third-order valence-electron chi connectivity index (χ3n) is 2.53. The maximum atomic E-state index is 13.4. The van der Waals surface area contributed by atoms with Crippen molar-refractivity contribution in [2.24, 2.45) is 0 Å². The summed E-state index contributed by atoms with van der Waals surface area (Å²) in [5.74, 6) is -2.35. The van der Waals surface area contributed by atoms with E-state index in [0.29, 0.717) is 0 Å². The van der Waals surface area contributed by atoms with Crippen molar-refractivity contribution < 1.29 is 18.4 Å². The third-order valence-corrected chi connectivity index (χ3v) is 2.53. The molecule has 0 spiro atoms. The number of halogens is 2. The monoisotopic (exact) mass is 295 g/mol. The highest BCUT2D eigenvalue weighted by Crippen LogP contribution is 2.19. The molecule has 0 saturated carbocycles. The molecule has 0 atom stereocenters. The van der Waals surface area contributed by atoms with Crippen LogP contribution in [0.4, 0.5) is 25.0 Å². The molecule has 0 unspecified atom stereocenters. The zero-order valence-electron chi connectivity index (χ0n) is 10.8. The predicted molar refractivity (Wildman–Crippen MR) is 71.0 cm³/mol. The lowest BCUT2D eigenvalue weighted by atomic mass is 10.3. The molecule has 0 aliphatic heterocycles. The van der Waals surface area contributed by atoms with Crippen molar-refractivity contribution in [3.63, 3.8) is 0 Å². The average molecular weight is 295 g/mol. The second-order valence-electron chi connectivity index (χ2n) is 3.90. The Morgan fingerprint density at radius 3 is 2.48 bits per heavy atom. The Balaban J connectivity index is 2.13. The minimum Gasteiger partial charge on any atom is -0.354 e. The normalized spacial score (nSPS) is 10.0. The molecule has 1 aromatic carbocycles. The number of carbonyl (C=O) groups is 2. The van der Waals surface area contributed by atoms with Gasteiger partial charge in [-0.15, -0.1) is 0 Å². The van der Waals surface area contributed by atoms with E-state index in [0.717, 1.165) is 12.1 Å². The topological polar surface area (TPSA) is 98.9 Å². The molecule has 110 valence electrons. The molecule has 1 heterocycles. The molecule has 4 N–H and O–H groups in total. The molecule has 0 fully saturated rings. The second-order valence-corrected chi connectivity index (χ2v) is 3.90. The molecule has 2 rings (SSSR count). The molecule has 0 aliphatic rings. The van der Waals surface area contributed by atoms with Crippen molar-refractivity contribution in [2.75, 3.05) is 17.7 Å². The smallest absolute Gasteiger partial charge is 0.323 e. The van der Waals surface area contributed by atoms with Gasteiger partial charge in [-0.1, -0.05) is 6.07 Å². The van der Waals surface area contributed by atoms with E-state index in [1.54, 1.807) is 0 Å². The number of benzene rings is 1. The Bertz CT molecular complexity index is 666. The highest BCUT2D eigenvalue weighted by atomic mass is 19.1. The number of rotatable bonds is 3. The van der Waals surface area contributed by atoms with Crippen molar-refractivity contribution in [2.45, 2.75) is 0 Å². The van der Waals surface area contributed by atoms with Gasteiger partial charge in [-0.05, 0) is 12.1 Å². The maximum Gasteiger partial charge on any atom is 0.323 e. The van der Waals surface area contributed by atoms with Gasteiger partial charge in [0.05, 0.1) is 5.69 Å². The Morgan fingerprint density at radius 2 is 1.86 bits per heavy atom. The van der Waals surface area contributed by atoms with Gasteiger partial charge in [0.25, 0.3) is 5.91 Å². The van der Waals surface area contributed by atoms with E-state index in [1.807, 2.05) is 5.32 Å². The quantitative estimate of drug-likeness (QED) is 0.693. The molecular formula is C12H11F2N5O2. The maximum absolute atomic E-state index is 13.4. The zero-order valence-corrected chi connectivity index (χ0v) is 10.8. The van der Waals surface area contributed by atoms with Crippen LogP contribution in [0.2, 0.25) is 0 Å². The predicted octanol–water partition coefficient (Wildman–Crippen LogP) is 1.69. The number of hydrogen-bond acceptors (Lipinski definition) is 3. The largest absolute Gasteiger partial charge is 0.354 e. The van der Waals surface area contributed by atoms with Crippen molar-refractivity contribution in [1.82, 2.24) is 15.5 Å². The summed E-state index contributed by atoms with van der Waals surface area (Å²) in [7, 11) is 1.40. The van der Waals surface area contributed by atoms with Crippen molar-refractivity contribution >= 4 is 23.3 Å².